The molecule has 2 rings (SSSR count). The normalized spacial score (nSPS) is 10.2. The van der Waals surface area contributed by atoms with Gasteiger partial charge in [-0.2, -0.15) is 0 Å². The molecule has 0 atom stereocenters. The Morgan fingerprint density at radius 2 is 2.35 bits per heavy atom. The van der Waals surface area contributed by atoms with Crippen molar-refractivity contribution in [2.45, 2.75) is 13.0 Å². The smallest absolute Gasteiger partial charge is 0.227 e. The molecule has 17 heavy (non-hydrogen) atoms. The third kappa shape index (κ3) is 3.67. The number of rotatable bonds is 4. The SMILES string of the molecule is O=C(CCn1ccnc1)Nc1cc(Br)ccn1. The molecular formula is C11H11BrN4O. The van der Waals surface area contributed by atoms with Crippen LogP contribution < -0.4 is 5.32 Å². The minimum absolute atomic E-state index is 0.0655. The maximum absolute atomic E-state index is 11.6. The van der Waals surface area contributed by atoms with Crippen LogP contribution in [0.2, 0.25) is 0 Å². The number of imidazole rings is 1. The third-order valence-electron chi connectivity index (χ3n) is 2.15. The first-order chi connectivity index (χ1) is 8.24. The lowest BCUT2D eigenvalue weighted by Gasteiger charge is -2.05. The van der Waals surface area contributed by atoms with Crippen molar-refractivity contribution >= 4 is 27.7 Å². The second kappa shape index (κ2) is 5.58. The maximum Gasteiger partial charge on any atom is 0.227 e. The van der Waals surface area contributed by atoms with Crippen LogP contribution in [-0.2, 0) is 11.3 Å². The molecule has 0 aliphatic heterocycles. The minimum Gasteiger partial charge on any atom is -0.337 e. The van der Waals surface area contributed by atoms with Gasteiger partial charge in [-0.15, -0.1) is 0 Å². The van der Waals surface area contributed by atoms with Crippen LogP contribution in [0.3, 0.4) is 0 Å². The summed E-state index contributed by atoms with van der Waals surface area (Å²) in [5, 5.41) is 2.73. The molecule has 1 amide bonds. The van der Waals surface area contributed by atoms with Crippen molar-refractivity contribution in [3.8, 4) is 0 Å². The first-order valence-corrected chi connectivity index (χ1v) is 5.90. The third-order valence-corrected chi connectivity index (χ3v) is 2.64. The van der Waals surface area contributed by atoms with Gasteiger partial charge in [-0.1, -0.05) is 15.9 Å². The predicted molar refractivity (Wildman–Crippen MR) is 67.4 cm³/mol. The zero-order valence-corrected chi connectivity index (χ0v) is 10.6. The Bertz CT molecular complexity index is 498. The van der Waals surface area contributed by atoms with E-state index in [9.17, 15) is 4.79 Å². The number of hydrogen-bond acceptors (Lipinski definition) is 3. The lowest BCUT2D eigenvalue weighted by atomic mass is 10.4. The van der Waals surface area contributed by atoms with Gasteiger partial charge in [0.2, 0.25) is 5.91 Å². The number of nitrogens with zero attached hydrogens (tertiary/aromatic N) is 3. The molecule has 2 aromatic rings. The average molecular weight is 295 g/mol. The first-order valence-electron chi connectivity index (χ1n) is 5.11. The Hall–Kier alpha value is -1.69. The Morgan fingerprint density at radius 3 is 3.06 bits per heavy atom. The van der Waals surface area contributed by atoms with Gasteiger partial charge in [-0.05, 0) is 12.1 Å². The van der Waals surface area contributed by atoms with E-state index in [-0.39, 0.29) is 5.91 Å². The minimum atomic E-state index is -0.0655. The number of nitrogens with one attached hydrogen (secondary N) is 1. The topological polar surface area (TPSA) is 59.8 Å². The molecule has 5 nitrogen and oxygen atoms in total. The molecule has 6 heteroatoms. The summed E-state index contributed by atoms with van der Waals surface area (Å²) in [5.41, 5.74) is 0. The summed E-state index contributed by atoms with van der Waals surface area (Å²) >= 11 is 3.32. The number of aryl methyl sites for hydroxylation is 1. The van der Waals surface area contributed by atoms with E-state index < -0.39 is 0 Å². The van der Waals surface area contributed by atoms with Gasteiger partial charge in [-0.3, -0.25) is 4.79 Å². The molecule has 0 aromatic carbocycles. The fraction of sp³-hybridized carbons (Fsp3) is 0.182. The molecule has 88 valence electrons. The van der Waals surface area contributed by atoms with Crippen molar-refractivity contribution in [3.05, 3.63) is 41.5 Å². The van der Waals surface area contributed by atoms with E-state index in [1.807, 2.05) is 10.8 Å². The van der Waals surface area contributed by atoms with Gasteiger partial charge < -0.3 is 9.88 Å². The number of pyridine rings is 1. The van der Waals surface area contributed by atoms with Crippen molar-refractivity contribution in [2.75, 3.05) is 5.32 Å². The lowest BCUT2D eigenvalue weighted by Crippen LogP contribution is -2.14. The second-order valence-electron chi connectivity index (χ2n) is 3.46. The van der Waals surface area contributed by atoms with Gasteiger partial charge in [0.05, 0.1) is 6.33 Å². The van der Waals surface area contributed by atoms with Crippen molar-refractivity contribution in [1.29, 1.82) is 0 Å². The van der Waals surface area contributed by atoms with E-state index >= 15 is 0 Å². The number of aromatic nitrogens is 3. The molecule has 0 saturated carbocycles. The van der Waals surface area contributed by atoms with Crippen LogP contribution in [0, 0.1) is 0 Å². The van der Waals surface area contributed by atoms with E-state index in [1.165, 1.54) is 0 Å². The summed E-state index contributed by atoms with van der Waals surface area (Å²) in [7, 11) is 0. The van der Waals surface area contributed by atoms with Gasteiger partial charge in [0.15, 0.2) is 0 Å². The number of carbonyl (C=O) groups excluding carboxylic acids is 1. The average Bonchev–Trinajstić information content (AvgIpc) is 2.79. The molecular weight excluding hydrogens is 284 g/mol. The monoisotopic (exact) mass is 294 g/mol. The quantitative estimate of drug-likeness (QED) is 0.939. The van der Waals surface area contributed by atoms with E-state index in [4.69, 9.17) is 0 Å². The summed E-state index contributed by atoms with van der Waals surface area (Å²) in [5.74, 6) is 0.485. The van der Waals surface area contributed by atoms with Gasteiger partial charge in [0, 0.05) is 36.0 Å². The maximum atomic E-state index is 11.6. The van der Waals surface area contributed by atoms with Gasteiger partial charge in [-0.25, -0.2) is 9.97 Å². The Kier molecular flexibility index (Phi) is 3.87. The number of halogens is 1. The predicted octanol–water partition coefficient (Wildman–Crippen LogP) is 2.07. The van der Waals surface area contributed by atoms with Crippen molar-refractivity contribution in [1.82, 2.24) is 14.5 Å². The van der Waals surface area contributed by atoms with Crippen LogP contribution in [0.5, 0.6) is 0 Å². The number of hydrogen-bond donors (Lipinski definition) is 1. The largest absolute Gasteiger partial charge is 0.337 e. The molecule has 2 heterocycles. The van der Waals surface area contributed by atoms with Gasteiger partial charge >= 0.3 is 0 Å². The number of carbonyl (C=O) groups is 1. The Balaban J connectivity index is 1.85. The molecule has 0 aliphatic rings. The van der Waals surface area contributed by atoms with Crippen molar-refractivity contribution in [3.63, 3.8) is 0 Å². The van der Waals surface area contributed by atoms with Crippen LogP contribution >= 0.6 is 15.9 Å². The molecule has 0 bridgehead atoms. The van der Waals surface area contributed by atoms with Crippen LogP contribution in [0.25, 0.3) is 0 Å². The standard InChI is InChI=1S/C11H11BrN4O/c12-9-1-3-14-10(7-9)15-11(17)2-5-16-6-4-13-8-16/h1,3-4,6-8H,2,5H2,(H,14,15,17). The summed E-state index contributed by atoms with van der Waals surface area (Å²) in [6, 6.07) is 3.57. The Morgan fingerprint density at radius 1 is 1.47 bits per heavy atom. The molecule has 1 N–H and O–H groups in total. The highest BCUT2D eigenvalue weighted by atomic mass is 79.9. The van der Waals surface area contributed by atoms with E-state index in [2.05, 4.69) is 31.2 Å². The van der Waals surface area contributed by atoms with E-state index in [0.717, 1.165) is 4.47 Å². The molecule has 0 radical (unpaired) electrons. The zero-order valence-electron chi connectivity index (χ0n) is 9.01. The van der Waals surface area contributed by atoms with Gasteiger partial charge in [0.25, 0.3) is 0 Å². The van der Waals surface area contributed by atoms with Crippen LogP contribution in [0.4, 0.5) is 5.82 Å². The summed E-state index contributed by atoms with van der Waals surface area (Å²) < 4.78 is 2.74. The van der Waals surface area contributed by atoms with Crippen LogP contribution in [0.1, 0.15) is 6.42 Å². The van der Waals surface area contributed by atoms with E-state index in [0.29, 0.717) is 18.8 Å². The highest BCUT2D eigenvalue weighted by Gasteiger charge is 2.03. The molecule has 0 unspecified atom stereocenters. The fourth-order valence-electron chi connectivity index (χ4n) is 1.33. The summed E-state index contributed by atoms with van der Waals surface area (Å²) in [6.07, 6.45) is 7.23. The summed E-state index contributed by atoms with van der Waals surface area (Å²) in [4.78, 5) is 19.6. The van der Waals surface area contributed by atoms with Crippen LogP contribution in [0.15, 0.2) is 41.5 Å². The number of anilines is 1. The second-order valence-corrected chi connectivity index (χ2v) is 4.37. The van der Waals surface area contributed by atoms with Crippen molar-refractivity contribution in [2.24, 2.45) is 0 Å². The molecule has 0 spiro atoms. The molecule has 0 fully saturated rings. The zero-order chi connectivity index (χ0) is 12.1. The first kappa shape index (κ1) is 11.8. The Labute approximate surface area is 107 Å². The highest BCUT2D eigenvalue weighted by Crippen LogP contribution is 2.12. The molecule has 2 aromatic heterocycles. The number of amides is 1. The van der Waals surface area contributed by atoms with Gasteiger partial charge in [0.1, 0.15) is 5.82 Å². The van der Waals surface area contributed by atoms with E-state index in [1.54, 1.807) is 30.9 Å². The molecule has 0 saturated heterocycles. The summed E-state index contributed by atoms with van der Waals surface area (Å²) in [6.45, 7) is 0.611. The highest BCUT2D eigenvalue weighted by molar-refractivity contribution is 9.10. The van der Waals surface area contributed by atoms with Crippen LogP contribution in [-0.4, -0.2) is 20.4 Å². The lowest BCUT2D eigenvalue weighted by molar-refractivity contribution is -0.116. The fourth-order valence-corrected chi connectivity index (χ4v) is 1.66. The molecule has 0 aliphatic carbocycles. The van der Waals surface area contributed by atoms with Crippen molar-refractivity contribution < 1.29 is 4.79 Å².